The van der Waals surface area contributed by atoms with Crippen molar-refractivity contribution in [2.75, 3.05) is 26.2 Å². The van der Waals surface area contributed by atoms with E-state index in [0.717, 1.165) is 32.4 Å². The minimum Gasteiger partial charge on any atom is -0.375 e. The maximum absolute atomic E-state index is 11.8. The Bertz CT molecular complexity index is 197. The second-order valence-electron chi connectivity index (χ2n) is 3.99. The van der Waals surface area contributed by atoms with Gasteiger partial charge in [-0.1, -0.05) is 6.92 Å². The molecule has 1 rings (SSSR count). The number of amides is 1. The lowest BCUT2D eigenvalue weighted by Crippen LogP contribution is -2.45. The van der Waals surface area contributed by atoms with Crippen LogP contribution < -0.4 is 5.73 Å². The predicted octanol–water partition coefficient (Wildman–Crippen LogP) is 0.753. The fraction of sp³-hybridized carbons (Fsp3) is 0.909. The van der Waals surface area contributed by atoms with Crippen molar-refractivity contribution >= 4 is 5.91 Å². The topological polar surface area (TPSA) is 55.6 Å². The van der Waals surface area contributed by atoms with Gasteiger partial charge < -0.3 is 15.4 Å². The lowest BCUT2D eigenvalue weighted by molar-refractivity contribution is -0.138. The first-order valence-electron chi connectivity index (χ1n) is 5.87. The van der Waals surface area contributed by atoms with E-state index in [1.54, 1.807) is 0 Å². The molecule has 0 bridgehead atoms. The van der Waals surface area contributed by atoms with Crippen LogP contribution in [0.25, 0.3) is 0 Å². The number of ether oxygens (including phenoxy) is 1. The zero-order chi connectivity index (χ0) is 11.1. The van der Waals surface area contributed by atoms with Gasteiger partial charge in [0.1, 0.15) is 0 Å². The number of hydrogen-bond acceptors (Lipinski definition) is 3. The molecule has 1 amide bonds. The van der Waals surface area contributed by atoms with Gasteiger partial charge in [-0.25, -0.2) is 0 Å². The van der Waals surface area contributed by atoms with Crippen LogP contribution in [-0.2, 0) is 9.53 Å². The highest BCUT2D eigenvalue weighted by Crippen LogP contribution is 2.10. The van der Waals surface area contributed by atoms with E-state index in [4.69, 9.17) is 10.5 Å². The molecule has 0 saturated carbocycles. The summed E-state index contributed by atoms with van der Waals surface area (Å²) in [4.78, 5) is 13.7. The van der Waals surface area contributed by atoms with Crippen LogP contribution in [0.4, 0.5) is 0 Å². The van der Waals surface area contributed by atoms with Crippen molar-refractivity contribution in [3.05, 3.63) is 0 Å². The molecule has 0 spiro atoms. The summed E-state index contributed by atoms with van der Waals surface area (Å²) >= 11 is 0. The molecule has 88 valence electrons. The van der Waals surface area contributed by atoms with Crippen LogP contribution in [-0.4, -0.2) is 43.2 Å². The summed E-state index contributed by atoms with van der Waals surface area (Å²) < 4.78 is 5.52. The van der Waals surface area contributed by atoms with Crippen LogP contribution in [0.15, 0.2) is 0 Å². The standard InChI is InChI=1S/C11H22N2O2/c1-2-10-9-13(7-8-15-10)11(14)5-3-4-6-12/h10H,2-9,12H2,1H3. The number of rotatable bonds is 5. The highest BCUT2D eigenvalue weighted by Gasteiger charge is 2.22. The smallest absolute Gasteiger partial charge is 0.222 e. The van der Waals surface area contributed by atoms with Gasteiger partial charge >= 0.3 is 0 Å². The van der Waals surface area contributed by atoms with E-state index in [9.17, 15) is 4.79 Å². The average Bonchev–Trinajstić information content (AvgIpc) is 2.29. The Morgan fingerprint density at radius 3 is 3.00 bits per heavy atom. The van der Waals surface area contributed by atoms with Gasteiger partial charge in [0.05, 0.1) is 12.7 Å². The van der Waals surface area contributed by atoms with E-state index in [1.807, 2.05) is 4.90 Å². The van der Waals surface area contributed by atoms with Crippen molar-refractivity contribution in [3.8, 4) is 0 Å². The number of carbonyl (C=O) groups is 1. The van der Waals surface area contributed by atoms with Crippen molar-refractivity contribution in [1.82, 2.24) is 4.90 Å². The van der Waals surface area contributed by atoms with E-state index in [-0.39, 0.29) is 12.0 Å². The van der Waals surface area contributed by atoms with Crippen molar-refractivity contribution in [1.29, 1.82) is 0 Å². The molecule has 15 heavy (non-hydrogen) atoms. The quantitative estimate of drug-likeness (QED) is 0.687. The van der Waals surface area contributed by atoms with Gasteiger partial charge in [-0.05, 0) is 25.8 Å². The Morgan fingerprint density at radius 2 is 2.33 bits per heavy atom. The second kappa shape index (κ2) is 6.80. The monoisotopic (exact) mass is 214 g/mol. The number of carbonyl (C=O) groups excluding carboxylic acids is 1. The molecule has 0 aromatic rings. The molecule has 0 aromatic carbocycles. The molecule has 0 radical (unpaired) electrons. The number of nitrogens with zero attached hydrogens (tertiary/aromatic N) is 1. The normalized spacial score (nSPS) is 21.7. The van der Waals surface area contributed by atoms with Crippen molar-refractivity contribution < 1.29 is 9.53 Å². The highest BCUT2D eigenvalue weighted by molar-refractivity contribution is 5.76. The van der Waals surface area contributed by atoms with E-state index in [1.165, 1.54) is 0 Å². The van der Waals surface area contributed by atoms with Gasteiger partial charge in [0.2, 0.25) is 5.91 Å². The van der Waals surface area contributed by atoms with E-state index >= 15 is 0 Å². The van der Waals surface area contributed by atoms with Gasteiger partial charge in [0.25, 0.3) is 0 Å². The lowest BCUT2D eigenvalue weighted by atomic mass is 10.2. The van der Waals surface area contributed by atoms with Crippen LogP contribution in [0.2, 0.25) is 0 Å². The Hall–Kier alpha value is -0.610. The highest BCUT2D eigenvalue weighted by atomic mass is 16.5. The van der Waals surface area contributed by atoms with Crippen molar-refractivity contribution in [2.45, 2.75) is 38.7 Å². The van der Waals surface area contributed by atoms with E-state index in [2.05, 4.69) is 6.92 Å². The summed E-state index contributed by atoms with van der Waals surface area (Å²) in [6.45, 7) is 4.96. The third-order valence-electron chi connectivity index (χ3n) is 2.79. The first kappa shape index (κ1) is 12.5. The third kappa shape index (κ3) is 4.18. The molecule has 4 nitrogen and oxygen atoms in total. The molecule has 1 atom stereocenters. The summed E-state index contributed by atoms with van der Waals surface area (Å²) in [6, 6.07) is 0. The summed E-state index contributed by atoms with van der Waals surface area (Å²) in [6.07, 6.45) is 3.69. The summed E-state index contributed by atoms with van der Waals surface area (Å²) in [5.74, 6) is 0.255. The number of hydrogen-bond donors (Lipinski definition) is 1. The molecule has 1 aliphatic rings. The maximum Gasteiger partial charge on any atom is 0.222 e. The van der Waals surface area contributed by atoms with Crippen LogP contribution >= 0.6 is 0 Å². The van der Waals surface area contributed by atoms with Crippen LogP contribution in [0.3, 0.4) is 0 Å². The molecule has 1 unspecified atom stereocenters. The molecule has 0 aliphatic carbocycles. The first-order chi connectivity index (χ1) is 7.27. The predicted molar refractivity (Wildman–Crippen MR) is 59.5 cm³/mol. The van der Waals surface area contributed by atoms with Crippen molar-refractivity contribution in [3.63, 3.8) is 0 Å². The number of nitrogens with two attached hydrogens (primary N) is 1. The van der Waals surface area contributed by atoms with E-state index < -0.39 is 0 Å². The molecule has 4 heteroatoms. The second-order valence-corrected chi connectivity index (χ2v) is 3.99. The van der Waals surface area contributed by atoms with Gasteiger partial charge in [-0.2, -0.15) is 0 Å². The average molecular weight is 214 g/mol. The third-order valence-corrected chi connectivity index (χ3v) is 2.79. The molecule has 1 saturated heterocycles. The van der Waals surface area contributed by atoms with Crippen molar-refractivity contribution in [2.24, 2.45) is 5.73 Å². The Labute approximate surface area is 91.8 Å². The summed E-state index contributed by atoms with van der Waals surface area (Å²) in [5.41, 5.74) is 5.39. The Kier molecular flexibility index (Phi) is 5.65. The molecule has 1 aliphatic heterocycles. The molecular weight excluding hydrogens is 192 g/mol. The zero-order valence-electron chi connectivity index (χ0n) is 9.58. The maximum atomic E-state index is 11.8. The van der Waals surface area contributed by atoms with Crippen LogP contribution in [0.5, 0.6) is 0 Å². The fourth-order valence-electron chi connectivity index (χ4n) is 1.77. The van der Waals surface area contributed by atoms with Gasteiger partial charge in [0, 0.05) is 19.5 Å². The van der Waals surface area contributed by atoms with Crippen LogP contribution in [0.1, 0.15) is 32.6 Å². The minimum absolute atomic E-state index is 0.234. The number of morpholine rings is 1. The number of unbranched alkanes of at least 4 members (excludes halogenated alkanes) is 1. The van der Waals surface area contributed by atoms with Gasteiger partial charge in [-0.15, -0.1) is 0 Å². The molecular formula is C11H22N2O2. The van der Waals surface area contributed by atoms with Gasteiger partial charge in [-0.3, -0.25) is 4.79 Å². The minimum atomic E-state index is 0.234. The lowest BCUT2D eigenvalue weighted by Gasteiger charge is -2.32. The van der Waals surface area contributed by atoms with Crippen LogP contribution in [0, 0.1) is 0 Å². The molecule has 0 aromatic heterocycles. The molecule has 2 N–H and O–H groups in total. The summed E-state index contributed by atoms with van der Waals surface area (Å²) in [7, 11) is 0. The Balaban J connectivity index is 2.25. The molecule has 1 heterocycles. The SMILES string of the molecule is CCC1CN(C(=O)CCCCN)CCO1. The summed E-state index contributed by atoms with van der Waals surface area (Å²) in [5, 5.41) is 0. The van der Waals surface area contributed by atoms with E-state index in [0.29, 0.717) is 19.6 Å². The molecule has 1 fully saturated rings. The first-order valence-corrected chi connectivity index (χ1v) is 5.87. The fourth-order valence-corrected chi connectivity index (χ4v) is 1.77. The van der Waals surface area contributed by atoms with Gasteiger partial charge in [0.15, 0.2) is 0 Å². The Morgan fingerprint density at radius 1 is 1.53 bits per heavy atom. The largest absolute Gasteiger partial charge is 0.375 e. The zero-order valence-corrected chi connectivity index (χ0v) is 9.58.